The number of carbonyl (C=O) groups is 1. The Morgan fingerprint density at radius 1 is 1.37 bits per heavy atom. The van der Waals surface area contributed by atoms with Crippen LogP contribution in [0.15, 0.2) is 23.7 Å². The Labute approximate surface area is 117 Å². The quantitative estimate of drug-likeness (QED) is 0.858. The van der Waals surface area contributed by atoms with Crippen molar-refractivity contribution in [1.29, 1.82) is 0 Å². The molecule has 4 heteroatoms. The second-order valence-electron chi connectivity index (χ2n) is 6.08. The van der Waals surface area contributed by atoms with Crippen LogP contribution < -0.4 is 5.32 Å². The highest BCUT2D eigenvalue weighted by Gasteiger charge is 2.42. The van der Waals surface area contributed by atoms with Crippen molar-refractivity contribution < 1.29 is 4.79 Å². The van der Waals surface area contributed by atoms with Crippen LogP contribution in [-0.4, -0.2) is 10.9 Å². The molecule has 0 saturated heterocycles. The van der Waals surface area contributed by atoms with Gasteiger partial charge in [-0.1, -0.05) is 12.2 Å². The lowest BCUT2D eigenvalue weighted by atomic mass is 9.92. The van der Waals surface area contributed by atoms with Gasteiger partial charge >= 0.3 is 0 Å². The molecular weight excluding hydrogens is 256 g/mol. The van der Waals surface area contributed by atoms with Crippen LogP contribution >= 0.6 is 11.3 Å². The van der Waals surface area contributed by atoms with Crippen molar-refractivity contribution in [3.05, 3.63) is 28.7 Å². The summed E-state index contributed by atoms with van der Waals surface area (Å²) in [6.45, 7) is 0. The molecule has 100 valence electrons. The van der Waals surface area contributed by atoms with Gasteiger partial charge in [0.1, 0.15) is 5.01 Å². The van der Waals surface area contributed by atoms with E-state index in [0.29, 0.717) is 17.8 Å². The minimum absolute atomic E-state index is 0.163. The zero-order valence-corrected chi connectivity index (χ0v) is 11.6. The molecule has 0 spiro atoms. The summed E-state index contributed by atoms with van der Waals surface area (Å²) in [6.07, 6.45) is 11.0. The molecule has 2 bridgehead atoms. The molecule has 3 aliphatic rings. The van der Waals surface area contributed by atoms with E-state index in [2.05, 4.69) is 22.5 Å². The Morgan fingerprint density at radius 2 is 2.26 bits per heavy atom. The molecule has 19 heavy (non-hydrogen) atoms. The molecule has 0 aliphatic heterocycles. The van der Waals surface area contributed by atoms with E-state index in [1.807, 2.05) is 11.6 Å². The van der Waals surface area contributed by atoms with Crippen LogP contribution in [0.25, 0.3) is 0 Å². The molecule has 1 N–H and O–H groups in total. The predicted octanol–water partition coefficient (Wildman–Crippen LogP) is 2.92. The first-order valence-electron chi connectivity index (χ1n) is 7.19. The van der Waals surface area contributed by atoms with Gasteiger partial charge in [-0.25, -0.2) is 4.98 Å². The summed E-state index contributed by atoms with van der Waals surface area (Å²) in [7, 11) is 0. The van der Waals surface area contributed by atoms with Gasteiger partial charge in [-0.2, -0.15) is 0 Å². The summed E-state index contributed by atoms with van der Waals surface area (Å²) in [4.78, 5) is 16.9. The summed E-state index contributed by atoms with van der Waals surface area (Å²) in [5, 5.41) is 6.36. The van der Waals surface area contributed by atoms with Crippen molar-refractivity contribution in [3.63, 3.8) is 0 Å². The molecule has 0 radical (unpaired) electrons. The van der Waals surface area contributed by atoms with Crippen molar-refractivity contribution >= 4 is 17.2 Å². The second kappa shape index (κ2) is 4.44. The van der Waals surface area contributed by atoms with Crippen molar-refractivity contribution in [1.82, 2.24) is 10.3 Å². The largest absolute Gasteiger partial charge is 0.346 e. The van der Waals surface area contributed by atoms with E-state index >= 15 is 0 Å². The Hall–Kier alpha value is -1.16. The van der Waals surface area contributed by atoms with Crippen molar-refractivity contribution in [3.8, 4) is 0 Å². The molecule has 0 unspecified atom stereocenters. The number of nitrogens with zero attached hydrogens (tertiary/aromatic N) is 1. The molecule has 2 fully saturated rings. The van der Waals surface area contributed by atoms with Crippen LogP contribution in [0.1, 0.15) is 36.7 Å². The van der Waals surface area contributed by atoms with Crippen molar-refractivity contribution in [2.75, 3.05) is 0 Å². The van der Waals surface area contributed by atoms with Gasteiger partial charge in [-0.3, -0.25) is 4.79 Å². The molecule has 1 heterocycles. The number of carbonyl (C=O) groups excluding carboxylic acids is 1. The number of fused-ring (bicyclic) bond motifs is 2. The summed E-state index contributed by atoms with van der Waals surface area (Å²) in [6, 6.07) is 0.163. The molecule has 3 nitrogen and oxygen atoms in total. The van der Waals surface area contributed by atoms with Gasteiger partial charge in [-0.05, 0) is 43.4 Å². The summed E-state index contributed by atoms with van der Waals surface area (Å²) >= 11 is 1.66. The molecule has 4 atom stereocenters. The third kappa shape index (κ3) is 2.12. The predicted molar refractivity (Wildman–Crippen MR) is 74.6 cm³/mol. The lowest BCUT2D eigenvalue weighted by molar-refractivity contribution is -0.126. The lowest BCUT2D eigenvalue weighted by Crippen LogP contribution is -2.36. The van der Waals surface area contributed by atoms with E-state index in [-0.39, 0.29) is 17.9 Å². The van der Waals surface area contributed by atoms with Gasteiger partial charge in [0.25, 0.3) is 0 Å². The minimum Gasteiger partial charge on any atom is -0.346 e. The molecule has 0 aromatic carbocycles. The maximum absolute atomic E-state index is 12.5. The second-order valence-corrected chi connectivity index (χ2v) is 7.01. The number of allylic oxidation sites excluding steroid dienone is 2. The number of amides is 1. The minimum atomic E-state index is 0.163. The monoisotopic (exact) mass is 274 g/mol. The highest BCUT2D eigenvalue weighted by molar-refractivity contribution is 7.09. The first-order valence-corrected chi connectivity index (χ1v) is 8.07. The van der Waals surface area contributed by atoms with E-state index in [9.17, 15) is 4.79 Å². The van der Waals surface area contributed by atoms with Gasteiger partial charge in [0.05, 0.1) is 6.04 Å². The zero-order valence-electron chi connectivity index (χ0n) is 10.8. The summed E-state index contributed by atoms with van der Waals surface area (Å²) < 4.78 is 0. The lowest BCUT2D eigenvalue weighted by Gasteiger charge is -2.22. The fourth-order valence-corrected chi connectivity index (χ4v) is 4.32. The Bertz CT molecular complexity index is 506. The topological polar surface area (TPSA) is 42.0 Å². The van der Waals surface area contributed by atoms with Crippen LogP contribution in [-0.2, 0) is 4.79 Å². The van der Waals surface area contributed by atoms with E-state index in [0.717, 1.165) is 11.4 Å². The first kappa shape index (κ1) is 11.6. The van der Waals surface area contributed by atoms with E-state index in [1.54, 1.807) is 11.3 Å². The number of hydrogen-bond acceptors (Lipinski definition) is 3. The Morgan fingerprint density at radius 3 is 2.84 bits per heavy atom. The fraction of sp³-hybridized carbons (Fsp3) is 0.600. The Balaban J connectivity index is 1.47. The van der Waals surface area contributed by atoms with Gasteiger partial charge < -0.3 is 5.32 Å². The zero-order chi connectivity index (χ0) is 12.8. The van der Waals surface area contributed by atoms with Crippen LogP contribution in [0, 0.1) is 23.7 Å². The molecule has 4 rings (SSSR count). The average molecular weight is 274 g/mol. The number of thiazole rings is 1. The molecule has 3 aliphatic carbocycles. The van der Waals surface area contributed by atoms with Crippen molar-refractivity contribution in [2.45, 2.75) is 31.7 Å². The maximum atomic E-state index is 12.5. The average Bonchev–Trinajstić information content (AvgIpc) is 2.86. The van der Waals surface area contributed by atoms with Crippen LogP contribution in [0.2, 0.25) is 0 Å². The molecule has 1 aromatic rings. The van der Waals surface area contributed by atoms with Crippen molar-refractivity contribution in [2.24, 2.45) is 23.7 Å². The van der Waals surface area contributed by atoms with Gasteiger partial charge in [0, 0.05) is 17.5 Å². The van der Waals surface area contributed by atoms with E-state index in [4.69, 9.17) is 0 Å². The van der Waals surface area contributed by atoms with Gasteiger partial charge in [0.2, 0.25) is 5.91 Å². The summed E-state index contributed by atoms with van der Waals surface area (Å²) in [5.41, 5.74) is 0. The maximum Gasteiger partial charge on any atom is 0.224 e. The Kier molecular flexibility index (Phi) is 2.72. The number of nitrogens with one attached hydrogen (secondary N) is 1. The van der Waals surface area contributed by atoms with Crippen LogP contribution in [0.3, 0.4) is 0 Å². The molecule has 2 saturated carbocycles. The SMILES string of the molecule is O=C(N[C@@H](c1nccs1)C1CC1)[C@H]1C[C@H]2C=C[C@H]1C2. The van der Waals surface area contributed by atoms with Crippen LogP contribution in [0.4, 0.5) is 0 Å². The van der Waals surface area contributed by atoms with E-state index < -0.39 is 0 Å². The van der Waals surface area contributed by atoms with Gasteiger partial charge in [-0.15, -0.1) is 11.3 Å². The molecule has 1 aromatic heterocycles. The molecule has 1 amide bonds. The van der Waals surface area contributed by atoms with Gasteiger partial charge in [0.15, 0.2) is 0 Å². The fourth-order valence-electron chi connectivity index (χ4n) is 3.54. The summed E-state index contributed by atoms with van der Waals surface area (Å²) in [5.74, 6) is 2.21. The van der Waals surface area contributed by atoms with E-state index in [1.165, 1.54) is 19.3 Å². The number of aromatic nitrogens is 1. The standard InChI is InChI=1S/C15H18N2OS/c18-14(12-8-9-1-2-11(12)7-9)17-13(10-3-4-10)15-16-5-6-19-15/h1-2,5-6,9-13H,3-4,7-8H2,(H,17,18)/t9-,11-,12-,13+/m0/s1. The highest BCUT2D eigenvalue weighted by Crippen LogP contribution is 2.45. The van der Waals surface area contributed by atoms with Crippen LogP contribution in [0.5, 0.6) is 0 Å². The first-order chi connectivity index (χ1) is 9.31. The number of rotatable bonds is 4. The molecular formula is C15H18N2OS. The number of hydrogen-bond donors (Lipinski definition) is 1. The highest BCUT2D eigenvalue weighted by atomic mass is 32.1. The third-order valence-corrected chi connectivity index (χ3v) is 5.58. The third-order valence-electron chi connectivity index (χ3n) is 4.72. The normalized spacial score (nSPS) is 33.6. The smallest absolute Gasteiger partial charge is 0.224 e.